The van der Waals surface area contributed by atoms with Gasteiger partial charge in [0.05, 0.1) is 0 Å². The normalized spacial score (nSPS) is 35.9. The summed E-state index contributed by atoms with van der Waals surface area (Å²) in [7, 11) is 0. The minimum absolute atomic E-state index is 0.276. The topological polar surface area (TPSA) is 52.6 Å². The van der Waals surface area contributed by atoms with Crippen LogP contribution in [0.4, 0.5) is 0 Å². The molecule has 0 unspecified atom stereocenters. The van der Waals surface area contributed by atoms with Crippen LogP contribution < -0.4 is 0 Å². The molecule has 0 bridgehead atoms. The quantitative estimate of drug-likeness (QED) is 0.526. The van der Waals surface area contributed by atoms with Crippen molar-refractivity contribution in [3.8, 4) is 0 Å². The predicted molar refractivity (Wildman–Crippen MR) is 56.5 cm³/mol. The van der Waals surface area contributed by atoms with Crippen LogP contribution in [-0.4, -0.2) is 24.1 Å². The SMILES string of the molecule is CC(=O)O[C@H]1[C@@H]2CC=C[C@@H]2C[C@H]1OC(C)=O. The fourth-order valence-electron chi connectivity index (χ4n) is 2.72. The zero-order valence-electron chi connectivity index (χ0n) is 9.51. The lowest BCUT2D eigenvalue weighted by atomic mass is 9.98. The number of hydrogen-bond donors (Lipinski definition) is 0. The first-order valence-electron chi connectivity index (χ1n) is 5.59. The number of carbonyl (C=O) groups excluding carboxylic acids is 2. The molecule has 0 heterocycles. The lowest BCUT2D eigenvalue weighted by molar-refractivity contribution is -0.164. The molecule has 0 saturated heterocycles. The van der Waals surface area contributed by atoms with Gasteiger partial charge in [0.15, 0.2) is 0 Å². The molecule has 0 amide bonds. The minimum atomic E-state index is -0.314. The Morgan fingerprint density at radius 1 is 1.19 bits per heavy atom. The van der Waals surface area contributed by atoms with Gasteiger partial charge in [-0.15, -0.1) is 0 Å². The number of carbonyl (C=O) groups is 2. The van der Waals surface area contributed by atoms with Crippen molar-refractivity contribution in [1.82, 2.24) is 0 Å². The molecule has 1 fully saturated rings. The van der Waals surface area contributed by atoms with Gasteiger partial charge in [0.2, 0.25) is 0 Å². The van der Waals surface area contributed by atoms with Crippen LogP contribution in [0.15, 0.2) is 12.2 Å². The molecule has 4 atom stereocenters. The molecule has 2 aliphatic carbocycles. The maximum absolute atomic E-state index is 11.0. The van der Waals surface area contributed by atoms with Crippen molar-refractivity contribution in [3.05, 3.63) is 12.2 Å². The summed E-state index contributed by atoms with van der Waals surface area (Å²) in [6, 6.07) is 0. The second-order valence-corrected chi connectivity index (χ2v) is 4.45. The van der Waals surface area contributed by atoms with Crippen molar-refractivity contribution in [1.29, 1.82) is 0 Å². The average Bonchev–Trinajstić information content (AvgIpc) is 2.68. The highest BCUT2D eigenvalue weighted by molar-refractivity contribution is 5.67. The van der Waals surface area contributed by atoms with Crippen LogP contribution >= 0.6 is 0 Å². The van der Waals surface area contributed by atoms with E-state index in [1.54, 1.807) is 0 Å². The van der Waals surface area contributed by atoms with Crippen molar-refractivity contribution in [2.75, 3.05) is 0 Å². The van der Waals surface area contributed by atoms with Crippen molar-refractivity contribution in [2.45, 2.75) is 38.9 Å². The summed E-state index contributed by atoms with van der Waals surface area (Å²) < 4.78 is 10.5. The highest BCUT2D eigenvalue weighted by atomic mass is 16.6. The second-order valence-electron chi connectivity index (χ2n) is 4.45. The van der Waals surface area contributed by atoms with Gasteiger partial charge in [0, 0.05) is 19.8 Å². The first-order valence-corrected chi connectivity index (χ1v) is 5.59. The highest BCUT2D eigenvalue weighted by Gasteiger charge is 2.47. The third-order valence-electron chi connectivity index (χ3n) is 3.25. The van der Waals surface area contributed by atoms with Crippen molar-refractivity contribution in [3.63, 3.8) is 0 Å². The van der Waals surface area contributed by atoms with Gasteiger partial charge in [-0.05, 0) is 18.8 Å². The lowest BCUT2D eigenvalue weighted by Crippen LogP contribution is -2.33. The van der Waals surface area contributed by atoms with Gasteiger partial charge in [-0.25, -0.2) is 0 Å². The number of ether oxygens (including phenoxy) is 2. The summed E-state index contributed by atoms with van der Waals surface area (Å²) in [5, 5.41) is 0. The highest BCUT2D eigenvalue weighted by Crippen LogP contribution is 2.42. The predicted octanol–water partition coefficient (Wildman–Crippen LogP) is 1.45. The molecule has 4 nitrogen and oxygen atoms in total. The molecule has 0 aromatic rings. The third-order valence-corrected chi connectivity index (χ3v) is 3.25. The maximum atomic E-state index is 11.0. The van der Waals surface area contributed by atoms with Gasteiger partial charge in [0.1, 0.15) is 12.2 Å². The van der Waals surface area contributed by atoms with E-state index in [2.05, 4.69) is 12.2 Å². The molecule has 0 aromatic heterocycles. The van der Waals surface area contributed by atoms with Crippen molar-refractivity contribution < 1.29 is 19.1 Å². The molecule has 0 radical (unpaired) electrons. The molecule has 0 aliphatic heterocycles. The maximum Gasteiger partial charge on any atom is 0.303 e. The minimum Gasteiger partial charge on any atom is -0.459 e. The van der Waals surface area contributed by atoms with Gasteiger partial charge < -0.3 is 9.47 Å². The third kappa shape index (κ3) is 2.10. The second kappa shape index (κ2) is 4.28. The van der Waals surface area contributed by atoms with E-state index in [1.165, 1.54) is 13.8 Å². The Hall–Kier alpha value is -1.32. The molecule has 1 saturated carbocycles. The molecule has 16 heavy (non-hydrogen) atoms. The van der Waals surface area contributed by atoms with Gasteiger partial charge in [-0.3, -0.25) is 9.59 Å². The Morgan fingerprint density at radius 2 is 1.88 bits per heavy atom. The van der Waals surface area contributed by atoms with Crippen LogP contribution in [0.25, 0.3) is 0 Å². The molecular formula is C12H16O4. The van der Waals surface area contributed by atoms with E-state index in [-0.39, 0.29) is 30.1 Å². The molecule has 2 aliphatic rings. The Morgan fingerprint density at radius 3 is 2.50 bits per heavy atom. The number of hydrogen-bond acceptors (Lipinski definition) is 4. The molecule has 0 N–H and O–H groups in total. The van der Waals surface area contributed by atoms with Crippen LogP contribution in [0.5, 0.6) is 0 Å². The van der Waals surface area contributed by atoms with Crippen LogP contribution in [-0.2, 0) is 19.1 Å². The smallest absolute Gasteiger partial charge is 0.303 e. The van der Waals surface area contributed by atoms with E-state index < -0.39 is 0 Å². The summed E-state index contributed by atoms with van der Waals surface area (Å²) >= 11 is 0. The zero-order chi connectivity index (χ0) is 11.7. The lowest BCUT2D eigenvalue weighted by Gasteiger charge is -2.23. The van der Waals surface area contributed by atoms with Crippen LogP contribution in [0.3, 0.4) is 0 Å². The number of rotatable bonds is 2. The van der Waals surface area contributed by atoms with Crippen LogP contribution in [0, 0.1) is 11.8 Å². The van der Waals surface area contributed by atoms with E-state index in [1.807, 2.05) is 0 Å². The number of esters is 2. The molecular weight excluding hydrogens is 208 g/mol. The Kier molecular flexibility index (Phi) is 2.99. The standard InChI is InChI=1S/C12H16O4/c1-7(13)15-11-6-9-4-3-5-10(9)12(11)16-8(2)14/h3-4,9-12H,5-6H2,1-2H3/t9-,10-,11-,12+/m1/s1. The average molecular weight is 224 g/mol. The van der Waals surface area contributed by atoms with Gasteiger partial charge in [0.25, 0.3) is 0 Å². The molecule has 0 aromatic carbocycles. The molecule has 4 heteroatoms. The molecule has 88 valence electrons. The van der Waals surface area contributed by atoms with E-state index in [0.717, 1.165) is 12.8 Å². The van der Waals surface area contributed by atoms with E-state index >= 15 is 0 Å². The monoisotopic (exact) mass is 224 g/mol. The fraction of sp³-hybridized carbons (Fsp3) is 0.667. The zero-order valence-corrected chi connectivity index (χ0v) is 9.51. The first-order chi connectivity index (χ1) is 7.58. The molecule has 0 spiro atoms. The summed E-state index contributed by atoms with van der Waals surface area (Å²) in [5.74, 6) is 0.0442. The van der Waals surface area contributed by atoms with Crippen LogP contribution in [0.2, 0.25) is 0 Å². The van der Waals surface area contributed by atoms with E-state index in [9.17, 15) is 9.59 Å². The van der Waals surface area contributed by atoms with E-state index in [0.29, 0.717) is 5.92 Å². The number of allylic oxidation sites excluding steroid dienone is 2. The van der Waals surface area contributed by atoms with Gasteiger partial charge in [-0.1, -0.05) is 12.2 Å². The Labute approximate surface area is 94.6 Å². The first kappa shape index (κ1) is 11.2. The summed E-state index contributed by atoms with van der Waals surface area (Å²) in [6.45, 7) is 2.77. The molecule has 2 rings (SSSR count). The summed E-state index contributed by atoms with van der Waals surface area (Å²) in [5.41, 5.74) is 0. The van der Waals surface area contributed by atoms with Crippen LogP contribution in [0.1, 0.15) is 26.7 Å². The van der Waals surface area contributed by atoms with Crippen molar-refractivity contribution >= 4 is 11.9 Å². The number of fused-ring (bicyclic) bond motifs is 1. The Bertz CT molecular complexity index is 334. The van der Waals surface area contributed by atoms with Gasteiger partial charge >= 0.3 is 11.9 Å². The van der Waals surface area contributed by atoms with Gasteiger partial charge in [-0.2, -0.15) is 0 Å². The van der Waals surface area contributed by atoms with Crippen molar-refractivity contribution in [2.24, 2.45) is 11.8 Å². The Balaban J connectivity index is 2.08. The van der Waals surface area contributed by atoms with E-state index in [4.69, 9.17) is 9.47 Å². The fourth-order valence-corrected chi connectivity index (χ4v) is 2.72. The largest absolute Gasteiger partial charge is 0.459 e. The summed E-state index contributed by atoms with van der Waals surface area (Å²) in [4.78, 5) is 22.0. The summed E-state index contributed by atoms with van der Waals surface area (Å²) in [6.07, 6.45) is 5.35.